The molecule has 2 nitrogen and oxygen atoms in total. The van der Waals surface area contributed by atoms with E-state index < -0.39 is 0 Å². The lowest BCUT2D eigenvalue weighted by Crippen LogP contribution is -2.41. The van der Waals surface area contributed by atoms with Crippen molar-refractivity contribution in [3.05, 3.63) is 0 Å². The zero-order valence-corrected chi connectivity index (χ0v) is 10.4. The first kappa shape index (κ1) is 13.0. The fraction of sp³-hybridized carbons (Fsp3) is 1.00. The minimum atomic E-state index is 0.0138. The molecular weight excluding hydrogens is 186 g/mol. The van der Waals surface area contributed by atoms with Crippen molar-refractivity contribution in [2.45, 2.75) is 64.4 Å². The van der Waals surface area contributed by atoms with Crippen LogP contribution in [-0.4, -0.2) is 18.8 Å². The molecule has 1 rings (SSSR count). The van der Waals surface area contributed by atoms with Crippen LogP contribution in [0.4, 0.5) is 0 Å². The molecule has 1 fully saturated rings. The Balaban J connectivity index is 2.43. The van der Waals surface area contributed by atoms with E-state index in [1.165, 1.54) is 44.9 Å². The first-order chi connectivity index (χ1) is 7.22. The molecule has 0 aliphatic heterocycles. The van der Waals surface area contributed by atoms with Crippen LogP contribution in [-0.2, 0) is 4.74 Å². The maximum Gasteiger partial charge on any atom is 0.0804 e. The summed E-state index contributed by atoms with van der Waals surface area (Å²) in [4.78, 5) is 0. The van der Waals surface area contributed by atoms with E-state index in [0.29, 0.717) is 12.5 Å². The highest BCUT2D eigenvalue weighted by Crippen LogP contribution is 2.30. The average molecular weight is 213 g/mol. The van der Waals surface area contributed by atoms with Crippen LogP contribution < -0.4 is 5.73 Å². The lowest BCUT2D eigenvalue weighted by Gasteiger charge is -2.32. The van der Waals surface area contributed by atoms with Crippen molar-refractivity contribution in [2.24, 2.45) is 11.7 Å². The molecule has 1 saturated carbocycles. The van der Waals surface area contributed by atoms with Crippen molar-refractivity contribution in [1.82, 2.24) is 0 Å². The Kier molecular flexibility index (Phi) is 5.62. The van der Waals surface area contributed by atoms with Crippen molar-refractivity contribution in [3.8, 4) is 0 Å². The van der Waals surface area contributed by atoms with Crippen molar-refractivity contribution in [3.63, 3.8) is 0 Å². The molecule has 0 spiro atoms. The van der Waals surface area contributed by atoms with Gasteiger partial charge in [0.2, 0.25) is 0 Å². The Bertz CT molecular complexity index is 162. The topological polar surface area (TPSA) is 35.2 Å². The highest BCUT2D eigenvalue weighted by atomic mass is 16.5. The van der Waals surface area contributed by atoms with E-state index in [2.05, 4.69) is 13.8 Å². The SMILES string of the molecule is CCC(C)COC1(CN)CCCCCC1. The third-order valence-corrected chi connectivity index (χ3v) is 3.76. The molecule has 2 heteroatoms. The van der Waals surface area contributed by atoms with E-state index in [1.54, 1.807) is 0 Å². The number of nitrogens with two attached hydrogens (primary N) is 1. The summed E-state index contributed by atoms with van der Waals surface area (Å²) in [5, 5.41) is 0. The lowest BCUT2D eigenvalue weighted by atomic mass is 9.94. The molecule has 0 aromatic rings. The smallest absolute Gasteiger partial charge is 0.0804 e. The molecule has 0 bridgehead atoms. The quantitative estimate of drug-likeness (QED) is 0.712. The van der Waals surface area contributed by atoms with Gasteiger partial charge in [0, 0.05) is 13.2 Å². The number of ether oxygens (including phenoxy) is 1. The number of hydrogen-bond acceptors (Lipinski definition) is 2. The van der Waals surface area contributed by atoms with Gasteiger partial charge < -0.3 is 10.5 Å². The monoisotopic (exact) mass is 213 g/mol. The minimum absolute atomic E-state index is 0.0138. The Hall–Kier alpha value is -0.0800. The van der Waals surface area contributed by atoms with Gasteiger partial charge in [-0.3, -0.25) is 0 Å². The Labute approximate surface area is 94.6 Å². The fourth-order valence-corrected chi connectivity index (χ4v) is 2.22. The van der Waals surface area contributed by atoms with Crippen LogP contribution in [0.15, 0.2) is 0 Å². The van der Waals surface area contributed by atoms with Gasteiger partial charge >= 0.3 is 0 Å². The van der Waals surface area contributed by atoms with Crippen LogP contribution in [0, 0.1) is 5.92 Å². The van der Waals surface area contributed by atoms with Gasteiger partial charge in [0.25, 0.3) is 0 Å². The average Bonchev–Trinajstić information content (AvgIpc) is 2.52. The first-order valence-corrected chi connectivity index (χ1v) is 6.56. The van der Waals surface area contributed by atoms with Crippen molar-refractivity contribution in [2.75, 3.05) is 13.2 Å². The Morgan fingerprint density at radius 3 is 2.27 bits per heavy atom. The lowest BCUT2D eigenvalue weighted by molar-refractivity contribution is -0.0626. The van der Waals surface area contributed by atoms with Gasteiger partial charge in [0.1, 0.15) is 0 Å². The summed E-state index contributed by atoms with van der Waals surface area (Å²) in [7, 11) is 0. The predicted molar refractivity (Wildman–Crippen MR) is 64.9 cm³/mol. The summed E-state index contributed by atoms with van der Waals surface area (Å²) in [5.41, 5.74) is 5.92. The summed E-state index contributed by atoms with van der Waals surface area (Å²) in [5.74, 6) is 0.664. The largest absolute Gasteiger partial charge is 0.373 e. The summed E-state index contributed by atoms with van der Waals surface area (Å²) in [6, 6.07) is 0. The van der Waals surface area contributed by atoms with E-state index in [0.717, 1.165) is 6.61 Å². The van der Waals surface area contributed by atoms with Crippen LogP contribution in [0.25, 0.3) is 0 Å². The third kappa shape index (κ3) is 4.12. The highest BCUT2D eigenvalue weighted by molar-refractivity contribution is 4.84. The summed E-state index contributed by atoms with van der Waals surface area (Å²) in [6.45, 7) is 6.05. The van der Waals surface area contributed by atoms with Crippen LogP contribution >= 0.6 is 0 Å². The minimum Gasteiger partial charge on any atom is -0.373 e. The van der Waals surface area contributed by atoms with Gasteiger partial charge in [-0.2, -0.15) is 0 Å². The maximum atomic E-state index is 6.13. The zero-order chi connectivity index (χ0) is 11.1. The van der Waals surface area contributed by atoms with Gasteiger partial charge in [-0.25, -0.2) is 0 Å². The summed E-state index contributed by atoms with van der Waals surface area (Å²) >= 11 is 0. The standard InChI is InChI=1S/C13H27NO/c1-3-12(2)10-15-13(11-14)8-6-4-5-7-9-13/h12H,3-11,14H2,1-2H3. The van der Waals surface area contributed by atoms with Crippen LogP contribution in [0.2, 0.25) is 0 Å². The third-order valence-electron chi connectivity index (χ3n) is 3.76. The fourth-order valence-electron chi connectivity index (χ4n) is 2.22. The van der Waals surface area contributed by atoms with Crippen molar-refractivity contribution >= 4 is 0 Å². The predicted octanol–water partition coefficient (Wildman–Crippen LogP) is 3.10. The maximum absolute atomic E-state index is 6.13. The summed E-state index contributed by atoms with van der Waals surface area (Å²) < 4.78 is 6.13. The second-order valence-corrected chi connectivity index (χ2v) is 5.13. The van der Waals surface area contributed by atoms with Crippen LogP contribution in [0.1, 0.15) is 58.8 Å². The molecule has 0 saturated heterocycles. The number of hydrogen-bond donors (Lipinski definition) is 1. The Morgan fingerprint density at radius 1 is 1.20 bits per heavy atom. The molecule has 0 amide bonds. The molecule has 1 atom stereocenters. The van der Waals surface area contributed by atoms with E-state index in [9.17, 15) is 0 Å². The normalized spacial score (nSPS) is 23.4. The summed E-state index contributed by atoms with van der Waals surface area (Å²) in [6.07, 6.45) is 8.82. The van der Waals surface area contributed by atoms with Crippen molar-refractivity contribution < 1.29 is 4.74 Å². The van der Waals surface area contributed by atoms with E-state index in [-0.39, 0.29) is 5.60 Å². The van der Waals surface area contributed by atoms with Crippen LogP contribution in [0.3, 0.4) is 0 Å². The molecule has 0 radical (unpaired) electrons. The van der Waals surface area contributed by atoms with E-state index >= 15 is 0 Å². The second kappa shape index (κ2) is 6.49. The molecular formula is C13H27NO. The molecule has 1 aliphatic carbocycles. The highest BCUT2D eigenvalue weighted by Gasteiger charge is 2.30. The van der Waals surface area contributed by atoms with Crippen molar-refractivity contribution in [1.29, 1.82) is 0 Å². The molecule has 90 valence electrons. The molecule has 15 heavy (non-hydrogen) atoms. The van der Waals surface area contributed by atoms with Gasteiger partial charge in [0.05, 0.1) is 5.60 Å². The molecule has 0 aromatic carbocycles. The molecule has 2 N–H and O–H groups in total. The second-order valence-electron chi connectivity index (χ2n) is 5.13. The molecule has 1 unspecified atom stereocenters. The van der Waals surface area contributed by atoms with Gasteiger partial charge in [-0.05, 0) is 18.8 Å². The molecule has 0 heterocycles. The number of rotatable bonds is 5. The Morgan fingerprint density at radius 2 is 1.80 bits per heavy atom. The van der Waals surface area contributed by atoms with Crippen LogP contribution in [0.5, 0.6) is 0 Å². The zero-order valence-electron chi connectivity index (χ0n) is 10.4. The van der Waals surface area contributed by atoms with E-state index in [4.69, 9.17) is 10.5 Å². The van der Waals surface area contributed by atoms with Gasteiger partial charge in [0.15, 0.2) is 0 Å². The molecule has 0 aromatic heterocycles. The first-order valence-electron chi connectivity index (χ1n) is 6.56. The molecule has 1 aliphatic rings. The van der Waals surface area contributed by atoms with Gasteiger partial charge in [-0.15, -0.1) is 0 Å². The van der Waals surface area contributed by atoms with Gasteiger partial charge in [-0.1, -0.05) is 46.0 Å². The van der Waals surface area contributed by atoms with E-state index in [1.807, 2.05) is 0 Å².